The van der Waals surface area contributed by atoms with Crippen LogP contribution in [0.1, 0.15) is 49.0 Å². The summed E-state index contributed by atoms with van der Waals surface area (Å²) in [6, 6.07) is 12.0. The molecule has 3 aliphatic heterocycles. The van der Waals surface area contributed by atoms with Crippen molar-refractivity contribution in [3.8, 4) is 11.5 Å². The standard InChI is InChI=1S/C28H32N4O4/c1-28-17-22-21-16-20(36-2)9-10-23(21)29-24(22)25(18-7-5-8-19(33)15-18)32(28)27(35)31(26(28)34)14-6-13-30-11-3-4-12-30/h5,7-10,15-16,25,29,33H,3-4,6,11-14,17H2,1-2H3/t25-,28+/m1/s1. The molecule has 6 rings (SSSR count). The fourth-order valence-corrected chi connectivity index (χ4v) is 6.32. The SMILES string of the molecule is COc1ccc2[nH]c3c(c2c1)C[C@@]1(C)C(=O)N(CCCN2CCCC2)C(=O)N1[C@@H]3c1cccc(O)c1. The lowest BCUT2D eigenvalue weighted by atomic mass is 9.81. The van der Waals surface area contributed by atoms with Gasteiger partial charge in [0.25, 0.3) is 5.91 Å². The van der Waals surface area contributed by atoms with Crippen LogP contribution in [0.2, 0.25) is 0 Å². The molecule has 8 nitrogen and oxygen atoms in total. The predicted molar refractivity (Wildman–Crippen MR) is 136 cm³/mol. The third-order valence-corrected chi connectivity index (χ3v) is 8.11. The first-order chi connectivity index (χ1) is 17.4. The molecule has 0 saturated carbocycles. The first-order valence-corrected chi connectivity index (χ1v) is 12.8. The molecule has 0 unspecified atom stereocenters. The van der Waals surface area contributed by atoms with E-state index in [2.05, 4.69) is 9.88 Å². The van der Waals surface area contributed by atoms with Gasteiger partial charge in [-0.25, -0.2) is 4.79 Å². The van der Waals surface area contributed by atoms with E-state index in [1.54, 1.807) is 30.2 Å². The highest BCUT2D eigenvalue weighted by molar-refractivity contribution is 6.08. The molecular weight excluding hydrogens is 456 g/mol. The second kappa shape index (κ2) is 8.55. The molecule has 3 aliphatic rings. The highest BCUT2D eigenvalue weighted by Gasteiger charge is 2.60. The van der Waals surface area contributed by atoms with Gasteiger partial charge in [-0.3, -0.25) is 14.6 Å². The Hall–Kier alpha value is -3.52. The van der Waals surface area contributed by atoms with Crippen LogP contribution in [0.4, 0.5) is 4.79 Å². The number of hydrogen-bond donors (Lipinski definition) is 2. The van der Waals surface area contributed by atoms with Gasteiger partial charge in [-0.15, -0.1) is 0 Å². The van der Waals surface area contributed by atoms with Crippen molar-refractivity contribution in [3.05, 3.63) is 59.3 Å². The van der Waals surface area contributed by atoms with Crippen LogP contribution in [0, 0.1) is 0 Å². The zero-order valence-corrected chi connectivity index (χ0v) is 20.8. The van der Waals surface area contributed by atoms with E-state index < -0.39 is 11.6 Å². The number of phenolic OH excluding ortho intramolecular Hbond substituents is 1. The molecule has 0 bridgehead atoms. The van der Waals surface area contributed by atoms with Gasteiger partial charge in [0.15, 0.2) is 0 Å². The summed E-state index contributed by atoms with van der Waals surface area (Å²) in [4.78, 5) is 36.9. The minimum absolute atomic E-state index is 0.125. The number of phenols is 1. The number of imide groups is 1. The zero-order valence-electron chi connectivity index (χ0n) is 20.8. The summed E-state index contributed by atoms with van der Waals surface area (Å²) in [7, 11) is 1.64. The number of aromatic nitrogens is 1. The average Bonchev–Trinajstić information content (AvgIpc) is 3.56. The molecular formula is C28H32N4O4. The second-order valence-corrected chi connectivity index (χ2v) is 10.4. The number of ether oxygens (including phenoxy) is 1. The number of carbonyl (C=O) groups is 2. The number of amides is 3. The average molecular weight is 489 g/mol. The van der Waals surface area contributed by atoms with Gasteiger partial charge >= 0.3 is 6.03 Å². The molecule has 2 saturated heterocycles. The minimum atomic E-state index is -1.02. The molecule has 0 aliphatic carbocycles. The number of fused-ring (bicyclic) bond motifs is 4. The van der Waals surface area contributed by atoms with Gasteiger partial charge in [0, 0.05) is 29.6 Å². The maximum absolute atomic E-state index is 13.9. The van der Waals surface area contributed by atoms with Crippen molar-refractivity contribution < 1.29 is 19.4 Å². The Bertz CT molecular complexity index is 1340. The van der Waals surface area contributed by atoms with E-state index in [9.17, 15) is 14.7 Å². The maximum Gasteiger partial charge on any atom is 0.328 e. The van der Waals surface area contributed by atoms with Crippen molar-refractivity contribution in [2.75, 3.05) is 33.3 Å². The van der Waals surface area contributed by atoms with Crippen molar-refractivity contribution in [3.63, 3.8) is 0 Å². The molecule has 36 heavy (non-hydrogen) atoms. The van der Waals surface area contributed by atoms with Crippen LogP contribution < -0.4 is 4.74 Å². The first-order valence-electron chi connectivity index (χ1n) is 12.8. The number of nitrogens with zero attached hydrogens (tertiary/aromatic N) is 3. The summed E-state index contributed by atoms with van der Waals surface area (Å²) in [5.41, 5.74) is 2.56. The van der Waals surface area contributed by atoms with E-state index in [1.165, 1.54) is 17.7 Å². The normalized spacial score (nSPS) is 24.0. The minimum Gasteiger partial charge on any atom is -0.508 e. The van der Waals surface area contributed by atoms with Crippen LogP contribution in [0.3, 0.4) is 0 Å². The molecule has 0 spiro atoms. The predicted octanol–water partition coefficient (Wildman–Crippen LogP) is 4.04. The Kier molecular flexibility index (Phi) is 5.44. The van der Waals surface area contributed by atoms with Crippen molar-refractivity contribution in [1.29, 1.82) is 0 Å². The summed E-state index contributed by atoms with van der Waals surface area (Å²) < 4.78 is 5.47. The molecule has 1 aromatic heterocycles. The fourth-order valence-electron chi connectivity index (χ4n) is 6.32. The number of rotatable bonds is 6. The molecule has 2 atom stereocenters. The highest BCUT2D eigenvalue weighted by Crippen LogP contribution is 2.49. The number of aromatic amines is 1. The number of nitrogens with one attached hydrogen (secondary N) is 1. The van der Waals surface area contributed by atoms with Crippen molar-refractivity contribution >= 4 is 22.8 Å². The van der Waals surface area contributed by atoms with Crippen molar-refractivity contribution in [2.45, 2.75) is 44.2 Å². The molecule has 8 heteroatoms. The third-order valence-electron chi connectivity index (χ3n) is 8.11. The smallest absolute Gasteiger partial charge is 0.328 e. The monoisotopic (exact) mass is 488 g/mol. The number of hydrogen-bond acceptors (Lipinski definition) is 5. The molecule has 2 fully saturated rings. The van der Waals surface area contributed by atoms with Gasteiger partial charge in [0.2, 0.25) is 0 Å². The summed E-state index contributed by atoms with van der Waals surface area (Å²) in [6.45, 7) is 5.38. The summed E-state index contributed by atoms with van der Waals surface area (Å²) in [6.07, 6.45) is 3.62. The number of urea groups is 1. The van der Waals surface area contributed by atoms with Gasteiger partial charge < -0.3 is 19.7 Å². The van der Waals surface area contributed by atoms with Gasteiger partial charge in [0.05, 0.1) is 7.11 Å². The van der Waals surface area contributed by atoms with Crippen molar-refractivity contribution in [1.82, 2.24) is 19.7 Å². The van der Waals surface area contributed by atoms with E-state index in [0.717, 1.165) is 59.5 Å². The van der Waals surface area contributed by atoms with Crippen molar-refractivity contribution in [2.24, 2.45) is 0 Å². The topological polar surface area (TPSA) is 89.1 Å². The molecule has 4 heterocycles. The van der Waals surface area contributed by atoms with E-state index >= 15 is 0 Å². The molecule has 0 radical (unpaired) electrons. The Morgan fingerprint density at radius 3 is 2.67 bits per heavy atom. The van der Waals surface area contributed by atoms with Gasteiger partial charge in [-0.2, -0.15) is 0 Å². The Morgan fingerprint density at radius 2 is 1.92 bits per heavy atom. The summed E-state index contributed by atoms with van der Waals surface area (Å²) >= 11 is 0. The zero-order chi connectivity index (χ0) is 25.0. The largest absolute Gasteiger partial charge is 0.508 e. The first kappa shape index (κ1) is 22.9. The lowest BCUT2D eigenvalue weighted by Gasteiger charge is -2.42. The Balaban J connectivity index is 1.42. The quantitative estimate of drug-likeness (QED) is 0.512. The number of H-pyrrole nitrogens is 1. The molecule has 2 aromatic carbocycles. The van der Waals surface area contributed by atoms with E-state index in [4.69, 9.17) is 4.74 Å². The fraction of sp³-hybridized carbons (Fsp3) is 0.429. The van der Waals surface area contributed by atoms with E-state index in [-0.39, 0.29) is 17.7 Å². The van der Waals surface area contributed by atoms with Gasteiger partial charge in [-0.1, -0.05) is 12.1 Å². The second-order valence-electron chi connectivity index (χ2n) is 10.4. The number of carbonyl (C=O) groups excluding carboxylic acids is 2. The highest BCUT2D eigenvalue weighted by atomic mass is 16.5. The molecule has 3 amide bonds. The van der Waals surface area contributed by atoms with Crippen LogP contribution in [-0.4, -0.2) is 75.6 Å². The van der Waals surface area contributed by atoms with Crippen LogP contribution >= 0.6 is 0 Å². The van der Waals surface area contributed by atoms with Crippen LogP contribution in [-0.2, 0) is 11.2 Å². The number of likely N-dealkylation sites (tertiary alicyclic amines) is 1. The van der Waals surface area contributed by atoms with Gasteiger partial charge in [0.1, 0.15) is 23.1 Å². The van der Waals surface area contributed by atoms with E-state index in [1.807, 2.05) is 31.2 Å². The Labute approximate surface area is 210 Å². The van der Waals surface area contributed by atoms with Crippen LogP contribution in [0.5, 0.6) is 11.5 Å². The van der Waals surface area contributed by atoms with Crippen LogP contribution in [0.25, 0.3) is 10.9 Å². The molecule has 188 valence electrons. The van der Waals surface area contributed by atoms with Gasteiger partial charge in [-0.05, 0) is 87.3 Å². The number of aromatic hydroxyl groups is 1. The Morgan fingerprint density at radius 1 is 1.11 bits per heavy atom. The summed E-state index contributed by atoms with van der Waals surface area (Å²) in [5, 5.41) is 11.3. The summed E-state index contributed by atoms with van der Waals surface area (Å²) in [5.74, 6) is 0.713. The molecule has 3 aromatic rings. The third kappa shape index (κ3) is 3.46. The number of methoxy groups -OCH3 is 1. The lowest BCUT2D eigenvalue weighted by molar-refractivity contribution is -0.133. The maximum atomic E-state index is 13.9. The molecule has 2 N–H and O–H groups in total. The van der Waals surface area contributed by atoms with E-state index in [0.29, 0.717) is 13.0 Å². The van der Waals surface area contributed by atoms with Crippen LogP contribution in [0.15, 0.2) is 42.5 Å². The lowest BCUT2D eigenvalue weighted by Crippen LogP contribution is -2.53. The number of benzene rings is 2.